The quantitative estimate of drug-likeness (QED) is 0.757. The fourth-order valence-corrected chi connectivity index (χ4v) is 1.47. The van der Waals surface area contributed by atoms with E-state index in [1.54, 1.807) is 0 Å². The highest BCUT2D eigenvalue weighted by atomic mass is 14.6. The van der Waals surface area contributed by atoms with Crippen LogP contribution >= 0.6 is 0 Å². The Morgan fingerprint density at radius 3 is 2.29 bits per heavy atom. The molecule has 0 radical (unpaired) electrons. The standard InChI is InChI=1S/C13H19N/c1-3-4-5-12-6-8-13(9-7-12)10-11(2)14/h6-9H,2-5,10,14H2,1H3. The number of nitrogens with two attached hydrogens (primary N) is 1. The third-order valence-electron chi connectivity index (χ3n) is 2.27. The largest absolute Gasteiger partial charge is 0.402 e. The van der Waals surface area contributed by atoms with Gasteiger partial charge in [-0.25, -0.2) is 0 Å². The van der Waals surface area contributed by atoms with Crippen molar-refractivity contribution in [3.8, 4) is 0 Å². The van der Waals surface area contributed by atoms with E-state index in [0.29, 0.717) is 0 Å². The fourth-order valence-electron chi connectivity index (χ4n) is 1.47. The third-order valence-corrected chi connectivity index (χ3v) is 2.27. The molecule has 1 aromatic rings. The predicted molar refractivity (Wildman–Crippen MR) is 62.1 cm³/mol. The summed E-state index contributed by atoms with van der Waals surface area (Å²) in [4.78, 5) is 0. The minimum absolute atomic E-state index is 0.728. The van der Waals surface area contributed by atoms with Crippen LogP contribution in [0.2, 0.25) is 0 Å². The van der Waals surface area contributed by atoms with Crippen molar-refractivity contribution in [3.63, 3.8) is 0 Å². The van der Waals surface area contributed by atoms with E-state index in [-0.39, 0.29) is 0 Å². The topological polar surface area (TPSA) is 26.0 Å². The van der Waals surface area contributed by atoms with Gasteiger partial charge in [0.1, 0.15) is 0 Å². The molecule has 1 heteroatoms. The van der Waals surface area contributed by atoms with Gasteiger partial charge in [-0.3, -0.25) is 0 Å². The zero-order valence-corrected chi connectivity index (χ0v) is 8.92. The monoisotopic (exact) mass is 189 g/mol. The van der Waals surface area contributed by atoms with E-state index in [1.807, 2.05) is 0 Å². The van der Waals surface area contributed by atoms with Crippen molar-refractivity contribution in [2.75, 3.05) is 0 Å². The van der Waals surface area contributed by atoms with Crippen molar-refractivity contribution < 1.29 is 0 Å². The molecule has 0 fully saturated rings. The van der Waals surface area contributed by atoms with Crippen LogP contribution in [0.5, 0.6) is 0 Å². The van der Waals surface area contributed by atoms with Crippen LogP contribution in [0.3, 0.4) is 0 Å². The Hall–Kier alpha value is -1.24. The highest BCUT2D eigenvalue weighted by Crippen LogP contribution is 2.09. The number of benzene rings is 1. The van der Waals surface area contributed by atoms with Gasteiger partial charge in [0.05, 0.1) is 0 Å². The van der Waals surface area contributed by atoms with Crippen molar-refractivity contribution in [2.24, 2.45) is 5.73 Å². The number of aryl methyl sites for hydroxylation is 1. The minimum atomic E-state index is 0.728. The zero-order valence-electron chi connectivity index (χ0n) is 8.92. The third kappa shape index (κ3) is 3.65. The number of allylic oxidation sites excluding steroid dienone is 1. The van der Waals surface area contributed by atoms with Gasteiger partial charge in [-0.1, -0.05) is 44.2 Å². The molecule has 0 bridgehead atoms. The second-order valence-electron chi connectivity index (χ2n) is 3.76. The summed E-state index contributed by atoms with van der Waals surface area (Å²) in [7, 11) is 0. The second-order valence-corrected chi connectivity index (χ2v) is 3.76. The van der Waals surface area contributed by atoms with Crippen LogP contribution in [-0.4, -0.2) is 0 Å². The van der Waals surface area contributed by atoms with Gasteiger partial charge in [0, 0.05) is 12.1 Å². The van der Waals surface area contributed by atoms with E-state index < -0.39 is 0 Å². The molecule has 0 atom stereocenters. The summed E-state index contributed by atoms with van der Waals surface area (Å²) >= 11 is 0. The van der Waals surface area contributed by atoms with Crippen molar-refractivity contribution in [2.45, 2.75) is 32.6 Å². The van der Waals surface area contributed by atoms with Gasteiger partial charge in [-0.2, -0.15) is 0 Å². The maximum absolute atomic E-state index is 5.55. The van der Waals surface area contributed by atoms with E-state index in [4.69, 9.17) is 5.73 Å². The smallest absolute Gasteiger partial charge is 0.0115 e. The van der Waals surface area contributed by atoms with Crippen LogP contribution < -0.4 is 5.73 Å². The predicted octanol–water partition coefficient (Wildman–Crippen LogP) is 3.04. The molecule has 14 heavy (non-hydrogen) atoms. The summed E-state index contributed by atoms with van der Waals surface area (Å²) in [6, 6.07) is 8.66. The lowest BCUT2D eigenvalue weighted by Gasteiger charge is -2.03. The Balaban J connectivity index is 2.54. The molecule has 0 aliphatic heterocycles. The molecule has 76 valence electrons. The van der Waals surface area contributed by atoms with Gasteiger partial charge in [0.25, 0.3) is 0 Å². The average molecular weight is 189 g/mol. The molecule has 0 aromatic heterocycles. The Morgan fingerprint density at radius 2 is 1.79 bits per heavy atom. The van der Waals surface area contributed by atoms with Gasteiger partial charge in [0.15, 0.2) is 0 Å². The number of hydrogen-bond acceptors (Lipinski definition) is 1. The molecule has 1 aromatic carbocycles. The van der Waals surface area contributed by atoms with Crippen LogP contribution in [0, 0.1) is 0 Å². The highest BCUT2D eigenvalue weighted by molar-refractivity contribution is 5.25. The average Bonchev–Trinajstić information content (AvgIpc) is 2.16. The van der Waals surface area contributed by atoms with Gasteiger partial charge < -0.3 is 5.73 Å². The number of hydrogen-bond donors (Lipinski definition) is 1. The first-order chi connectivity index (χ1) is 6.72. The summed E-state index contributed by atoms with van der Waals surface area (Å²) in [6.07, 6.45) is 4.48. The van der Waals surface area contributed by atoms with Gasteiger partial charge in [-0.15, -0.1) is 0 Å². The Morgan fingerprint density at radius 1 is 1.21 bits per heavy atom. The molecule has 0 unspecified atom stereocenters. The first-order valence-corrected chi connectivity index (χ1v) is 5.23. The summed E-state index contributed by atoms with van der Waals surface area (Å²) in [5.74, 6) is 0. The molecule has 1 nitrogen and oxygen atoms in total. The molecule has 0 heterocycles. The molecule has 0 amide bonds. The summed E-state index contributed by atoms with van der Waals surface area (Å²) in [5, 5.41) is 0. The molecular formula is C13H19N. The van der Waals surface area contributed by atoms with Crippen molar-refractivity contribution >= 4 is 0 Å². The molecule has 0 aliphatic rings. The second kappa shape index (κ2) is 5.48. The van der Waals surface area contributed by atoms with E-state index in [2.05, 4.69) is 37.8 Å². The Bertz CT molecular complexity index is 285. The lowest BCUT2D eigenvalue weighted by atomic mass is 10.0. The lowest BCUT2D eigenvalue weighted by Crippen LogP contribution is -1.98. The molecule has 0 saturated carbocycles. The van der Waals surface area contributed by atoms with Crippen molar-refractivity contribution in [1.29, 1.82) is 0 Å². The lowest BCUT2D eigenvalue weighted by molar-refractivity contribution is 0.794. The van der Waals surface area contributed by atoms with Crippen LogP contribution in [0.1, 0.15) is 30.9 Å². The van der Waals surface area contributed by atoms with E-state index >= 15 is 0 Å². The van der Waals surface area contributed by atoms with Crippen molar-refractivity contribution in [1.82, 2.24) is 0 Å². The number of rotatable bonds is 5. The first-order valence-electron chi connectivity index (χ1n) is 5.23. The van der Waals surface area contributed by atoms with E-state index in [9.17, 15) is 0 Å². The van der Waals surface area contributed by atoms with Crippen LogP contribution in [0.25, 0.3) is 0 Å². The fraction of sp³-hybridized carbons (Fsp3) is 0.385. The number of unbranched alkanes of at least 4 members (excludes halogenated alkanes) is 1. The van der Waals surface area contributed by atoms with Crippen LogP contribution in [-0.2, 0) is 12.8 Å². The van der Waals surface area contributed by atoms with Crippen LogP contribution in [0.15, 0.2) is 36.5 Å². The molecule has 0 saturated heterocycles. The minimum Gasteiger partial charge on any atom is -0.402 e. The maximum Gasteiger partial charge on any atom is 0.0115 e. The molecule has 2 N–H and O–H groups in total. The van der Waals surface area contributed by atoms with E-state index in [0.717, 1.165) is 12.1 Å². The van der Waals surface area contributed by atoms with Gasteiger partial charge in [-0.05, 0) is 24.0 Å². The summed E-state index contributed by atoms with van der Waals surface area (Å²) < 4.78 is 0. The Kier molecular flexibility index (Phi) is 4.24. The summed E-state index contributed by atoms with van der Waals surface area (Å²) in [5.41, 5.74) is 8.94. The van der Waals surface area contributed by atoms with Crippen LogP contribution in [0.4, 0.5) is 0 Å². The molecule has 1 rings (SSSR count). The van der Waals surface area contributed by atoms with E-state index in [1.165, 1.54) is 30.4 Å². The van der Waals surface area contributed by atoms with Gasteiger partial charge >= 0.3 is 0 Å². The zero-order chi connectivity index (χ0) is 10.4. The summed E-state index contributed by atoms with van der Waals surface area (Å²) in [6.45, 7) is 5.92. The Labute approximate surface area is 86.6 Å². The normalized spacial score (nSPS) is 10.1. The molecule has 0 aliphatic carbocycles. The SMILES string of the molecule is C=C(N)Cc1ccc(CCCC)cc1. The van der Waals surface area contributed by atoms with Crippen molar-refractivity contribution in [3.05, 3.63) is 47.7 Å². The molecule has 0 spiro atoms. The highest BCUT2D eigenvalue weighted by Gasteiger charge is 1.95. The van der Waals surface area contributed by atoms with Gasteiger partial charge in [0.2, 0.25) is 0 Å². The maximum atomic E-state index is 5.55. The molecular weight excluding hydrogens is 170 g/mol. The first kappa shape index (κ1) is 10.8.